The van der Waals surface area contributed by atoms with Gasteiger partial charge in [0.15, 0.2) is 0 Å². The number of rotatable bonds is 3. The molecule has 0 radical (unpaired) electrons. The molecule has 0 aliphatic heterocycles. The molecular formula is C10H14N2O2. The summed E-state index contributed by atoms with van der Waals surface area (Å²) < 4.78 is 5.31. The SMILES string of the molecule is Cc1ccc(CNC(=O)C2CC2N)o1. The van der Waals surface area contributed by atoms with Crippen molar-refractivity contribution in [1.29, 1.82) is 0 Å². The third kappa shape index (κ3) is 1.96. The molecule has 76 valence electrons. The highest BCUT2D eigenvalue weighted by Gasteiger charge is 2.39. The Labute approximate surface area is 82.5 Å². The van der Waals surface area contributed by atoms with E-state index in [0.29, 0.717) is 6.54 Å². The fourth-order valence-electron chi connectivity index (χ4n) is 1.40. The fraction of sp³-hybridized carbons (Fsp3) is 0.500. The minimum absolute atomic E-state index is 0.0195. The van der Waals surface area contributed by atoms with E-state index in [2.05, 4.69) is 5.32 Å². The van der Waals surface area contributed by atoms with Crippen molar-refractivity contribution in [3.63, 3.8) is 0 Å². The van der Waals surface area contributed by atoms with Crippen LogP contribution in [0.15, 0.2) is 16.5 Å². The molecule has 3 N–H and O–H groups in total. The summed E-state index contributed by atoms with van der Waals surface area (Å²) in [7, 11) is 0. The van der Waals surface area contributed by atoms with Crippen molar-refractivity contribution in [1.82, 2.24) is 5.32 Å². The van der Waals surface area contributed by atoms with Crippen LogP contribution >= 0.6 is 0 Å². The molecule has 1 aromatic rings. The number of nitrogens with two attached hydrogens (primary N) is 1. The number of amides is 1. The molecule has 2 atom stereocenters. The third-order valence-electron chi connectivity index (χ3n) is 2.41. The maximum absolute atomic E-state index is 11.4. The molecule has 1 aromatic heterocycles. The maximum Gasteiger partial charge on any atom is 0.225 e. The molecule has 0 bridgehead atoms. The number of hydrogen-bond donors (Lipinski definition) is 2. The molecule has 4 nitrogen and oxygen atoms in total. The Morgan fingerprint density at radius 3 is 2.93 bits per heavy atom. The van der Waals surface area contributed by atoms with Crippen molar-refractivity contribution in [2.45, 2.75) is 25.9 Å². The van der Waals surface area contributed by atoms with Crippen molar-refractivity contribution >= 4 is 5.91 Å². The van der Waals surface area contributed by atoms with Crippen molar-refractivity contribution < 1.29 is 9.21 Å². The fourth-order valence-corrected chi connectivity index (χ4v) is 1.40. The molecule has 0 saturated heterocycles. The summed E-state index contributed by atoms with van der Waals surface area (Å²) in [4.78, 5) is 11.4. The lowest BCUT2D eigenvalue weighted by atomic mass is 10.3. The van der Waals surface area contributed by atoms with Crippen LogP contribution in [0.3, 0.4) is 0 Å². The van der Waals surface area contributed by atoms with E-state index in [4.69, 9.17) is 10.2 Å². The lowest BCUT2D eigenvalue weighted by Gasteiger charge is -2.01. The second-order valence-electron chi connectivity index (χ2n) is 3.74. The largest absolute Gasteiger partial charge is 0.465 e. The van der Waals surface area contributed by atoms with Crippen LogP contribution in [0.4, 0.5) is 0 Å². The topological polar surface area (TPSA) is 68.3 Å². The van der Waals surface area contributed by atoms with Gasteiger partial charge in [-0.2, -0.15) is 0 Å². The van der Waals surface area contributed by atoms with Gasteiger partial charge in [-0.1, -0.05) is 0 Å². The van der Waals surface area contributed by atoms with Crippen LogP contribution < -0.4 is 11.1 Å². The van der Waals surface area contributed by atoms with E-state index in [1.54, 1.807) is 0 Å². The highest BCUT2D eigenvalue weighted by Crippen LogP contribution is 2.27. The van der Waals surface area contributed by atoms with Gasteiger partial charge >= 0.3 is 0 Å². The summed E-state index contributed by atoms with van der Waals surface area (Å²) in [5.74, 6) is 1.69. The number of carbonyl (C=O) groups is 1. The Hall–Kier alpha value is -1.29. The molecule has 1 aliphatic carbocycles. The minimum Gasteiger partial charge on any atom is -0.465 e. The van der Waals surface area contributed by atoms with E-state index in [0.717, 1.165) is 17.9 Å². The lowest BCUT2D eigenvalue weighted by molar-refractivity contribution is -0.122. The van der Waals surface area contributed by atoms with Crippen molar-refractivity contribution in [2.24, 2.45) is 11.7 Å². The van der Waals surface area contributed by atoms with E-state index < -0.39 is 0 Å². The third-order valence-corrected chi connectivity index (χ3v) is 2.41. The van der Waals surface area contributed by atoms with Crippen LogP contribution in [0.1, 0.15) is 17.9 Å². The van der Waals surface area contributed by atoms with Crippen LogP contribution in [0.5, 0.6) is 0 Å². The van der Waals surface area contributed by atoms with E-state index >= 15 is 0 Å². The second kappa shape index (κ2) is 3.46. The molecule has 2 rings (SSSR count). The second-order valence-corrected chi connectivity index (χ2v) is 3.74. The van der Waals surface area contributed by atoms with Gasteiger partial charge in [0.05, 0.1) is 12.5 Å². The minimum atomic E-state index is 0.0195. The average molecular weight is 194 g/mol. The Morgan fingerprint density at radius 2 is 2.43 bits per heavy atom. The van der Waals surface area contributed by atoms with Crippen molar-refractivity contribution in [3.8, 4) is 0 Å². The monoisotopic (exact) mass is 194 g/mol. The predicted octanol–water partition coefficient (Wildman–Crippen LogP) is 0.551. The lowest BCUT2D eigenvalue weighted by Crippen LogP contribution is -2.26. The summed E-state index contributed by atoms with van der Waals surface area (Å²) in [6.45, 7) is 2.33. The Morgan fingerprint density at radius 1 is 1.71 bits per heavy atom. The molecule has 1 aliphatic rings. The van der Waals surface area contributed by atoms with Crippen LogP contribution in [0, 0.1) is 12.8 Å². The Kier molecular flexibility index (Phi) is 2.29. The molecule has 0 spiro atoms. The zero-order chi connectivity index (χ0) is 10.1. The highest BCUT2D eigenvalue weighted by atomic mass is 16.3. The number of hydrogen-bond acceptors (Lipinski definition) is 3. The first-order chi connectivity index (χ1) is 6.66. The quantitative estimate of drug-likeness (QED) is 0.738. The highest BCUT2D eigenvalue weighted by molar-refractivity contribution is 5.82. The Bertz CT molecular complexity index is 346. The molecule has 0 aromatic carbocycles. The number of furan rings is 1. The number of carbonyl (C=O) groups excluding carboxylic acids is 1. The molecule has 4 heteroatoms. The summed E-state index contributed by atoms with van der Waals surface area (Å²) in [5, 5.41) is 2.79. The molecule has 1 saturated carbocycles. The normalized spacial score (nSPS) is 24.7. The molecule has 1 amide bonds. The number of nitrogens with one attached hydrogen (secondary N) is 1. The first-order valence-electron chi connectivity index (χ1n) is 4.75. The zero-order valence-corrected chi connectivity index (χ0v) is 8.12. The standard InChI is InChI=1S/C10H14N2O2/c1-6-2-3-7(14-6)5-12-10(13)8-4-9(8)11/h2-3,8-9H,4-5,11H2,1H3,(H,12,13). The molecule has 1 fully saturated rings. The molecule has 2 unspecified atom stereocenters. The first kappa shape index (κ1) is 9.27. The summed E-state index contributed by atoms with van der Waals surface area (Å²) in [6.07, 6.45) is 0.809. The van der Waals surface area contributed by atoms with Gasteiger partial charge in [0.2, 0.25) is 5.91 Å². The van der Waals surface area contributed by atoms with Crippen LogP contribution in [-0.2, 0) is 11.3 Å². The van der Waals surface area contributed by atoms with Gasteiger partial charge in [-0.25, -0.2) is 0 Å². The van der Waals surface area contributed by atoms with Crippen LogP contribution in [0.25, 0.3) is 0 Å². The van der Waals surface area contributed by atoms with E-state index in [1.807, 2.05) is 19.1 Å². The van der Waals surface area contributed by atoms with E-state index in [1.165, 1.54) is 0 Å². The van der Waals surface area contributed by atoms with Gasteiger partial charge in [-0.05, 0) is 25.5 Å². The first-order valence-corrected chi connectivity index (χ1v) is 4.75. The predicted molar refractivity (Wildman–Crippen MR) is 51.4 cm³/mol. The zero-order valence-electron chi connectivity index (χ0n) is 8.12. The van der Waals surface area contributed by atoms with Crippen molar-refractivity contribution in [2.75, 3.05) is 0 Å². The smallest absolute Gasteiger partial charge is 0.225 e. The van der Waals surface area contributed by atoms with Gasteiger partial charge in [0, 0.05) is 6.04 Å². The maximum atomic E-state index is 11.4. The number of aryl methyl sites for hydroxylation is 1. The van der Waals surface area contributed by atoms with Gasteiger partial charge in [0.1, 0.15) is 11.5 Å². The van der Waals surface area contributed by atoms with Crippen molar-refractivity contribution in [3.05, 3.63) is 23.7 Å². The summed E-state index contributed by atoms with van der Waals surface area (Å²) in [6, 6.07) is 3.81. The molecular weight excluding hydrogens is 180 g/mol. The van der Waals surface area contributed by atoms with E-state index in [9.17, 15) is 4.79 Å². The van der Waals surface area contributed by atoms with Crippen LogP contribution in [-0.4, -0.2) is 11.9 Å². The van der Waals surface area contributed by atoms with Gasteiger partial charge < -0.3 is 15.5 Å². The molecule has 1 heterocycles. The Balaban J connectivity index is 1.80. The average Bonchev–Trinajstić information content (AvgIpc) is 2.72. The van der Waals surface area contributed by atoms with Gasteiger partial charge in [0.25, 0.3) is 0 Å². The van der Waals surface area contributed by atoms with Crippen LogP contribution in [0.2, 0.25) is 0 Å². The van der Waals surface area contributed by atoms with Gasteiger partial charge in [-0.3, -0.25) is 4.79 Å². The molecule has 14 heavy (non-hydrogen) atoms. The summed E-state index contributed by atoms with van der Waals surface area (Å²) in [5.41, 5.74) is 5.56. The van der Waals surface area contributed by atoms with E-state index in [-0.39, 0.29) is 17.9 Å². The van der Waals surface area contributed by atoms with Gasteiger partial charge in [-0.15, -0.1) is 0 Å². The summed E-state index contributed by atoms with van der Waals surface area (Å²) >= 11 is 0.